The number of hydrogen-bond acceptors (Lipinski definition) is 1. The maximum atomic E-state index is 11.3. The number of amides is 1. The molecular formula is C13H16BrNO2. The Morgan fingerprint density at radius 2 is 2.24 bits per heavy atom. The number of benzene rings is 1. The highest BCUT2D eigenvalue weighted by molar-refractivity contribution is 9.10. The monoisotopic (exact) mass is 297 g/mol. The van der Waals surface area contributed by atoms with E-state index in [9.17, 15) is 9.90 Å². The normalized spacial score (nSPS) is 19.3. The number of carboxylic acid groups (broad SMARTS) is 1. The van der Waals surface area contributed by atoms with Gasteiger partial charge >= 0.3 is 6.09 Å². The molecule has 2 rings (SSSR count). The summed E-state index contributed by atoms with van der Waals surface area (Å²) in [7, 11) is 0. The zero-order valence-corrected chi connectivity index (χ0v) is 11.6. The van der Waals surface area contributed by atoms with Gasteiger partial charge in [0.25, 0.3) is 0 Å². The maximum Gasteiger partial charge on any atom is 0.407 e. The lowest BCUT2D eigenvalue weighted by Crippen LogP contribution is -2.41. The maximum absolute atomic E-state index is 11.3. The van der Waals surface area contributed by atoms with Crippen LogP contribution in [0.3, 0.4) is 0 Å². The van der Waals surface area contributed by atoms with Crippen LogP contribution in [-0.2, 0) is 6.42 Å². The molecular weight excluding hydrogens is 282 g/mol. The van der Waals surface area contributed by atoms with Crippen LogP contribution in [0.15, 0.2) is 22.7 Å². The third-order valence-electron chi connectivity index (χ3n) is 3.26. The summed E-state index contributed by atoms with van der Waals surface area (Å²) in [6, 6.07) is 6.10. The van der Waals surface area contributed by atoms with Gasteiger partial charge in [0, 0.05) is 11.0 Å². The smallest absolute Gasteiger partial charge is 0.407 e. The largest absolute Gasteiger partial charge is 0.465 e. The molecule has 0 unspecified atom stereocenters. The van der Waals surface area contributed by atoms with E-state index >= 15 is 0 Å². The quantitative estimate of drug-likeness (QED) is 0.859. The predicted octanol–water partition coefficient (Wildman–Crippen LogP) is 3.68. The van der Waals surface area contributed by atoms with E-state index in [1.165, 1.54) is 5.56 Å². The van der Waals surface area contributed by atoms with Crippen molar-refractivity contribution in [2.45, 2.75) is 26.3 Å². The Balaban J connectivity index is 2.46. The molecule has 1 amide bonds. The molecule has 1 aliphatic heterocycles. The van der Waals surface area contributed by atoms with Crippen LogP contribution in [0.4, 0.5) is 4.79 Å². The molecule has 92 valence electrons. The molecule has 0 bridgehead atoms. The average molecular weight is 298 g/mol. The third-order valence-corrected chi connectivity index (χ3v) is 3.75. The second-order valence-corrected chi connectivity index (χ2v) is 5.67. The van der Waals surface area contributed by atoms with Crippen molar-refractivity contribution in [2.24, 2.45) is 5.92 Å². The second kappa shape index (κ2) is 4.69. The highest BCUT2D eigenvalue weighted by Crippen LogP contribution is 2.36. The summed E-state index contributed by atoms with van der Waals surface area (Å²) in [5, 5.41) is 9.25. The first-order valence-electron chi connectivity index (χ1n) is 5.78. The Hall–Kier alpha value is -1.03. The van der Waals surface area contributed by atoms with E-state index in [2.05, 4.69) is 35.8 Å². The van der Waals surface area contributed by atoms with Crippen LogP contribution in [-0.4, -0.2) is 22.6 Å². The van der Waals surface area contributed by atoms with Gasteiger partial charge in [-0.25, -0.2) is 4.79 Å². The Morgan fingerprint density at radius 3 is 2.82 bits per heavy atom. The fraction of sp³-hybridized carbons (Fsp3) is 0.462. The van der Waals surface area contributed by atoms with Crippen molar-refractivity contribution < 1.29 is 9.90 Å². The van der Waals surface area contributed by atoms with Gasteiger partial charge in [-0.2, -0.15) is 0 Å². The van der Waals surface area contributed by atoms with Gasteiger partial charge in [0.05, 0.1) is 6.04 Å². The Kier molecular flexibility index (Phi) is 3.43. The number of carbonyl (C=O) groups is 1. The minimum atomic E-state index is -0.822. The minimum absolute atomic E-state index is 0.0238. The van der Waals surface area contributed by atoms with E-state index in [1.54, 1.807) is 4.90 Å². The summed E-state index contributed by atoms with van der Waals surface area (Å²) >= 11 is 3.46. The molecule has 1 aliphatic rings. The van der Waals surface area contributed by atoms with Crippen LogP contribution in [0.2, 0.25) is 0 Å². The SMILES string of the molecule is CC(C)[C@H]1c2ccc(Br)cc2CCN1C(=O)O. The van der Waals surface area contributed by atoms with Crippen molar-refractivity contribution in [3.8, 4) is 0 Å². The topological polar surface area (TPSA) is 40.5 Å². The number of halogens is 1. The van der Waals surface area contributed by atoms with Crippen molar-refractivity contribution >= 4 is 22.0 Å². The molecule has 0 spiro atoms. The second-order valence-electron chi connectivity index (χ2n) is 4.76. The lowest BCUT2D eigenvalue weighted by atomic mass is 9.86. The van der Waals surface area contributed by atoms with Crippen molar-refractivity contribution in [1.82, 2.24) is 4.90 Å². The summed E-state index contributed by atoms with van der Waals surface area (Å²) in [5.74, 6) is 0.284. The molecule has 0 fully saturated rings. The molecule has 1 N–H and O–H groups in total. The van der Waals surface area contributed by atoms with Crippen LogP contribution in [0.5, 0.6) is 0 Å². The van der Waals surface area contributed by atoms with E-state index in [4.69, 9.17) is 0 Å². The number of rotatable bonds is 1. The number of fused-ring (bicyclic) bond motifs is 1. The van der Waals surface area contributed by atoms with Crippen molar-refractivity contribution in [1.29, 1.82) is 0 Å². The summed E-state index contributed by atoms with van der Waals surface area (Å²) < 4.78 is 1.06. The Morgan fingerprint density at radius 1 is 1.53 bits per heavy atom. The molecule has 1 aromatic rings. The number of hydrogen-bond donors (Lipinski definition) is 1. The Bertz CT molecular complexity index is 445. The molecule has 1 aromatic carbocycles. The zero-order valence-electron chi connectivity index (χ0n) is 9.98. The van der Waals surface area contributed by atoms with E-state index in [0.29, 0.717) is 6.54 Å². The first-order valence-corrected chi connectivity index (χ1v) is 6.58. The Labute approximate surface area is 110 Å². The van der Waals surface area contributed by atoms with Gasteiger partial charge in [0.1, 0.15) is 0 Å². The standard InChI is InChI=1S/C13H16BrNO2/c1-8(2)12-11-4-3-10(14)7-9(11)5-6-15(12)13(16)17/h3-4,7-8,12H,5-6H2,1-2H3,(H,16,17)/t12-/m0/s1. The molecule has 4 heteroatoms. The van der Waals surface area contributed by atoms with Crippen LogP contribution in [0.25, 0.3) is 0 Å². The highest BCUT2D eigenvalue weighted by atomic mass is 79.9. The first kappa shape index (κ1) is 12.4. The van der Waals surface area contributed by atoms with Crippen LogP contribution < -0.4 is 0 Å². The van der Waals surface area contributed by atoms with E-state index < -0.39 is 6.09 Å². The van der Waals surface area contributed by atoms with Crippen molar-refractivity contribution in [3.63, 3.8) is 0 Å². The fourth-order valence-electron chi connectivity index (χ4n) is 2.56. The summed E-state index contributed by atoms with van der Waals surface area (Å²) in [5.41, 5.74) is 2.41. The predicted molar refractivity (Wildman–Crippen MR) is 70.2 cm³/mol. The molecule has 1 atom stereocenters. The molecule has 0 saturated carbocycles. The molecule has 1 heterocycles. The molecule has 0 saturated heterocycles. The number of nitrogens with zero attached hydrogens (tertiary/aromatic N) is 1. The van der Waals surface area contributed by atoms with Crippen LogP contribution in [0.1, 0.15) is 31.0 Å². The third kappa shape index (κ3) is 2.32. The lowest BCUT2D eigenvalue weighted by Gasteiger charge is -2.38. The van der Waals surface area contributed by atoms with Gasteiger partial charge in [0.2, 0.25) is 0 Å². The molecule has 0 radical (unpaired) electrons. The van der Waals surface area contributed by atoms with Gasteiger partial charge in [-0.05, 0) is 35.6 Å². The summed E-state index contributed by atoms with van der Waals surface area (Å²) in [4.78, 5) is 12.8. The minimum Gasteiger partial charge on any atom is -0.465 e. The molecule has 0 aliphatic carbocycles. The summed E-state index contributed by atoms with van der Waals surface area (Å²) in [6.45, 7) is 4.72. The van der Waals surface area contributed by atoms with E-state index in [1.807, 2.05) is 12.1 Å². The van der Waals surface area contributed by atoms with Crippen molar-refractivity contribution in [2.75, 3.05) is 6.54 Å². The van der Waals surface area contributed by atoms with Gasteiger partial charge in [0.15, 0.2) is 0 Å². The fourth-order valence-corrected chi connectivity index (χ4v) is 2.97. The van der Waals surface area contributed by atoms with Crippen LogP contribution in [0, 0.1) is 5.92 Å². The van der Waals surface area contributed by atoms with E-state index in [0.717, 1.165) is 16.5 Å². The molecule has 0 aromatic heterocycles. The lowest BCUT2D eigenvalue weighted by molar-refractivity contribution is 0.104. The van der Waals surface area contributed by atoms with Gasteiger partial charge < -0.3 is 10.0 Å². The van der Waals surface area contributed by atoms with Crippen LogP contribution >= 0.6 is 15.9 Å². The van der Waals surface area contributed by atoms with Gasteiger partial charge in [-0.1, -0.05) is 35.8 Å². The zero-order chi connectivity index (χ0) is 12.6. The molecule has 3 nitrogen and oxygen atoms in total. The first-order chi connectivity index (χ1) is 8.00. The van der Waals surface area contributed by atoms with Gasteiger partial charge in [-0.3, -0.25) is 0 Å². The molecule has 17 heavy (non-hydrogen) atoms. The highest BCUT2D eigenvalue weighted by Gasteiger charge is 2.32. The van der Waals surface area contributed by atoms with E-state index in [-0.39, 0.29) is 12.0 Å². The van der Waals surface area contributed by atoms with Gasteiger partial charge in [-0.15, -0.1) is 0 Å². The summed E-state index contributed by atoms with van der Waals surface area (Å²) in [6.07, 6.45) is -0.0260. The van der Waals surface area contributed by atoms with Crippen molar-refractivity contribution in [3.05, 3.63) is 33.8 Å². The average Bonchev–Trinajstić information content (AvgIpc) is 2.26.